The number of methoxy groups -OCH3 is 1. The standard InChI is InChI=1S/C14H11ClO2S/c1-17-14(16)13-8-7-12(18-13)6-5-10-3-2-4-11(15)9-10/h2-9H,1H3/b6-5+. The third kappa shape index (κ3) is 3.22. The van der Waals surface area contributed by atoms with E-state index in [9.17, 15) is 4.79 Å². The van der Waals surface area contributed by atoms with E-state index in [1.165, 1.54) is 18.4 Å². The SMILES string of the molecule is COC(=O)c1ccc(/C=C/c2cccc(Cl)c2)s1. The number of esters is 1. The zero-order valence-corrected chi connectivity index (χ0v) is 11.3. The molecule has 0 radical (unpaired) electrons. The predicted molar refractivity (Wildman–Crippen MR) is 76.0 cm³/mol. The quantitative estimate of drug-likeness (QED) is 0.780. The largest absolute Gasteiger partial charge is 0.465 e. The van der Waals surface area contributed by atoms with Gasteiger partial charge in [0, 0.05) is 9.90 Å². The fourth-order valence-electron chi connectivity index (χ4n) is 1.44. The molecule has 0 saturated carbocycles. The summed E-state index contributed by atoms with van der Waals surface area (Å²) in [6, 6.07) is 11.2. The second-order valence-corrected chi connectivity index (χ2v) is 5.13. The Morgan fingerprint density at radius 3 is 2.83 bits per heavy atom. The molecule has 1 aromatic carbocycles. The highest BCUT2D eigenvalue weighted by atomic mass is 35.5. The number of ether oxygens (including phenoxy) is 1. The number of benzene rings is 1. The number of carbonyl (C=O) groups excluding carboxylic acids is 1. The molecule has 0 N–H and O–H groups in total. The van der Waals surface area contributed by atoms with Gasteiger partial charge in [-0.3, -0.25) is 0 Å². The van der Waals surface area contributed by atoms with Crippen molar-refractivity contribution in [2.75, 3.05) is 7.11 Å². The minimum absolute atomic E-state index is 0.303. The topological polar surface area (TPSA) is 26.3 Å². The molecule has 1 heterocycles. The van der Waals surface area contributed by atoms with Gasteiger partial charge in [0.15, 0.2) is 0 Å². The molecule has 2 aromatic rings. The van der Waals surface area contributed by atoms with Gasteiger partial charge < -0.3 is 4.74 Å². The number of rotatable bonds is 3. The average molecular weight is 279 g/mol. The third-order valence-corrected chi connectivity index (χ3v) is 3.57. The molecular formula is C14H11ClO2S. The van der Waals surface area contributed by atoms with Gasteiger partial charge in [-0.2, -0.15) is 0 Å². The lowest BCUT2D eigenvalue weighted by Crippen LogP contribution is -1.96. The van der Waals surface area contributed by atoms with Crippen molar-refractivity contribution >= 4 is 41.1 Å². The van der Waals surface area contributed by atoms with Crippen LogP contribution in [0, 0.1) is 0 Å². The summed E-state index contributed by atoms with van der Waals surface area (Å²) in [5.41, 5.74) is 1.02. The highest BCUT2D eigenvalue weighted by Gasteiger charge is 2.07. The summed E-state index contributed by atoms with van der Waals surface area (Å²) in [5.74, 6) is -0.303. The molecule has 4 heteroatoms. The molecule has 0 fully saturated rings. The van der Waals surface area contributed by atoms with Gasteiger partial charge in [-0.15, -0.1) is 11.3 Å². The van der Waals surface area contributed by atoms with Crippen molar-refractivity contribution in [2.24, 2.45) is 0 Å². The van der Waals surface area contributed by atoms with Crippen molar-refractivity contribution in [3.05, 3.63) is 56.7 Å². The third-order valence-electron chi connectivity index (χ3n) is 2.30. The first-order valence-corrected chi connectivity index (χ1v) is 6.50. The molecular weight excluding hydrogens is 268 g/mol. The lowest BCUT2D eigenvalue weighted by Gasteiger charge is -1.93. The summed E-state index contributed by atoms with van der Waals surface area (Å²) in [7, 11) is 1.38. The maximum absolute atomic E-state index is 11.3. The summed E-state index contributed by atoms with van der Waals surface area (Å²) < 4.78 is 4.66. The van der Waals surface area contributed by atoms with Gasteiger partial charge in [0.05, 0.1) is 7.11 Å². The number of thiophene rings is 1. The number of carbonyl (C=O) groups is 1. The van der Waals surface area contributed by atoms with E-state index in [1.54, 1.807) is 6.07 Å². The summed E-state index contributed by atoms with van der Waals surface area (Å²) in [4.78, 5) is 12.9. The van der Waals surface area contributed by atoms with Crippen molar-refractivity contribution in [2.45, 2.75) is 0 Å². The lowest BCUT2D eigenvalue weighted by atomic mass is 10.2. The van der Waals surface area contributed by atoms with Gasteiger partial charge in [-0.1, -0.05) is 29.8 Å². The van der Waals surface area contributed by atoms with E-state index < -0.39 is 0 Å². The Morgan fingerprint density at radius 1 is 1.28 bits per heavy atom. The number of hydrogen-bond donors (Lipinski definition) is 0. The van der Waals surface area contributed by atoms with E-state index in [-0.39, 0.29) is 5.97 Å². The average Bonchev–Trinajstić information content (AvgIpc) is 2.84. The van der Waals surface area contributed by atoms with E-state index in [0.717, 1.165) is 10.4 Å². The van der Waals surface area contributed by atoms with Crippen molar-refractivity contribution in [3.63, 3.8) is 0 Å². The second-order valence-electron chi connectivity index (χ2n) is 3.58. The Hall–Kier alpha value is -1.58. The van der Waals surface area contributed by atoms with Crippen LogP contribution in [0.4, 0.5) is 0 Å². The maximum Gasteiger partial charge on any atom is 0.348 e. The zero-order valence-electron chi connectivity index (χ0n) is 9.72. The predicted octanol–water partition coefficient (Wildman–Crippen LogP) is 4.36. The molecule has 0 aliphatic carbocycles. The fraction of sp³-hybridized carbons (Fsp3) is 0.0714. The van der Waals surface area contributed by atoms with Crippen LogP contribution in [-0.2, 0) is 4.74 Å². The highest BCUT2D eigenvalue weighted by molar-refractivity contribution is 7.14. The highest BCUT2D eigenvalue weighted by Crippen LogP contribution is 2.20. The monoisotopic (exact) mass is 278 g/mol. The minimum atomic E-state index is -0.303. The van der Waals surface area contributed by atoms with Gasteiger partial charge >= 0.3 is 5.97 Å². The molecule has 18 heavy (non-hydrogen) atoms. The van der Waals surface area contributed by atoms with E-state index >= 15 is 0 Å². The molecule has 1 aromatic heterocycles. The van der Waals surface area contributed by atoms with Crippen LogP contribution in [0.5, 0.6) is 0 Å². The molecule has 0 unspecified atom stereocenters. The summed E-state index contributed by atoms with van der Waals surface area (Å²) >= 11 is 7.29. The first kappa shape index (κ1) is 12.9. The fourth-order valence-corrected chi connectivity index (χ4v) is 2.47. The van der Waals surface area contributed by atoms with E-state index in [2.05, 4.69) is 4.74 Å². The Kier molecular flexibility index (Phi) is 4.18. The van der Waals surface area contributed by atoms with Gasteiger partial charge in [-0.05, 0) is 35.9 Å². The van der Waals surface area contributed by atoms with Crippen molar-refractivity contribution < 1.29 is 9.53 Å². The van der Waals surface area contributed by atoms with E-state index in [4.69, 9.17) is 11.6 Å². The Labute approximate surface area is 114 Å². The van der Waals surface area contributed by atoms with Crippen molar-refractivity contribution in [1.29, 1.82) is 0 Å². The summed E-state index contributed by atoms with van der Waals surface area (Å²) in [6.45, 7) is 0. The Morgan fingerprint density at radius 2 is 2.11 bits per heavy atom. The lowest BCUT2D eigenvalue weighted by molar-refractivity contribution is 0.0606. The molecule has 2 nitrogen and oxygen atoms in total. The maximum atomic E-state index is 11.3. The normalized spacial score (nSPS) is 10.8. The van der Waals surface area contributed by atoms with Gasteiger partial charge in [0.2, 0.25) is 0 Å². The second kappa shape index (κ2) is 5.85. The number of halogens is 1. The molecule has 0 atom stereocenters. The first-order valence-electron chi connectivity index (χ1n) is 5.31. The molecule has 0 aliphatic heterocycles. The Bertz CT molecular complexity index is 587. The van der Waals surface area contributed by atoms with Crippen LogP contribution in [-0.4, -0.2) is 13.1 Å². The summed E-state index contributed by atoms with van der Waals surface area (Å²) in [6.07, 6.45) is 3.90. The molecule has 2 rings (SSSR count). The van der Waals surface area contributed by atoms with Crippen molar-refractivity contribution in [1.82, 2.24) is 0 Å². The van der Waals surface area contributed by atoms with Gasteiger partial charge in [0.25, 0.3) is 0 Å². The van der Waals surface area contributed by atoms with E-state index in [0.29, 0.717) is 9.90 Å². The molecule has 92 valence electrons. The van der Waals surface area contributed by atoms with Crippen LogP contribution in [0.1, 0.15) is 20.1 Å². The van der Waals surface area contributed by atoms with E-state index in [1.807, 2.05) is 42.5 Å². The van der Waals surface area contributed by atoms with Gasteiger partial charge in [0.1, 0.15) is 4.88 Å². The summed E-state index contributed by atoms with van der Waals surface area (Å²) in [5, 5.41) is 0.707. The van der Waals surface area contributed by atoms with Crippen molar-refractivity contribution in [3.8, 4) is 0 Å². The smallest absolute Gasteiger partial charge is 0.348 e. The van der Waals surface area contributed by atoms with Crippen LogP contribution < -0.4 is 0 Å². The molecule has 0 aliphatic rings. The van der Waals surface area contributed by atoms with Crippen LogP contribution in [0.3, 0.4) is 0 Å². The molecule has 0 amide bonds. The first-order chi connectivity index (χ1) is 8.69. The minimum Gasteiger partial charge on any atom is -0.465 e. The molecule has 0 bridgehead atoms. The molecule has 0 saturated heterocycles. The van der Waals surface area contributed by atoms with Crippen LogP contribution in [0.25, 0.3) is 12.2 Å². The van der Waals surface area contributed by atoms with Crippen LogP contribution in [0.15, 0.2) is 36.4 Å². The number of hydrogen-bond acceptors (Lipinski definition) is 3. The van der Waals surface area contributed by atoms with Crippen LogP contribution >= 0.6 is 22.9 Å². The van der Waals surface area contributed by atoms with Gasteiger partial charge in [-0.25, -0.2) is 4.79 Å². The zero-order chi connectivity index (χ0) is 13.0. The Balaban J connectivity index is 2.14. The van der Waals surface area contributed by atoms with Crippen LogP contribution in [0.2, 0.25) is 5.02 Å². The molecule has 0 spiro atoms.